The van der Waals surface area contributed by atoms with Crippen LogP contribution in [-0.2, 0) is 18.5 Å². The predicted molar refractivity (Wildman–Crippen MR) is 211 cm³/mol. The van der Waals surface area contributed by atoms with Crippen molar-refractivity contribution < 1.29 is 9.47 Å². The van der Waals surface area contributed by atoms with Gasteiger partial charge in [-0.1, -0.05) is 38.1 Å². The fourth-order valence-corrected chi connectivity index (χ4v) is 8.11. The van der Waals surface area contributed by atoms with Crippen molar-refractivity contribution in [2.24, 2.45) is 11.5 Å². The van der Waals surface area contributed by atoms with Gasteiger partial charge in [0, 0.05) is 18.9 Å². The number of rotatable bonds is 10. The smallest absolute Gasteiger partial charge is 0.224 e. The maximum atomic E-state index is 10.4. The van der Waals surface area contributed by atoms with Crippen molar-refractivity contribution in [1.29, 1.82) is 10.5 Å². The molecule has 0 spiro atoms. The van der Waals surface area contributed by atoms with E-state index in [9.17, 15) is 10.5 Å². The number of ether oxygens (including phenoxy) is 2. The number of fused-ring (bicyclic) bond motifs is 2. The Kier molecular flexibility index (Phi) is 8.65. The number of nitrogens with zero attached hydrogens (tertiary/aromatic N) is 12. The van der Waals surface area contributed by atoms with Gasteiger partial charge >= 0.3 is 0 Å². The van der Waals surface area contributed by atoms with Gasteiger partial charge in [0.05, 0.1) is 51.3 Å². The largest absolute Gasteiger partial charge is 0.422 e. The lowest BCUT2D eigenvalue weighted by molar-refractivity contribution is 0.254. The van der Waals surface area contributed by atoms with Gasteiger partial charge in [-0.25, -0.2) is 28.7 Å². The lowest BCUT2D eigenvalue weighted by atomic mass is 9.82. The maximum absolute atomic E-state index is 10.4. The van der Waals surface area contributed by atoms with E-state index in [4.69, 9.17) is 41.2 Å². The third-order valence-corrected chi connectivity index (χ3v) is 11.1. The molecule has 292 valence electrons. The van der Waals surface area contributed by atoms with E-state index in [1.54, 1.807) is 26.7 Å². The molecule has 4 aromatic heterocycles. The third-order valence-electron chi connectivity index (χ3n) is 11.1. The van der Waals surface area contributed by atoms with Crippen LogP contribution >= 0.6 is 0 Å². The van der Waals surface area contributed by atoms with Crippen LogP contribution in [0.15, 0.2) is 90.4 Å². The number of hydrogen-bond acceptors (Lipinski definition) is 12. The second-order valence-electron chi connectivity index (χ2n) is 15.8. The van der Waals surface area contributed by atoms with Gasteiger partial charge in [0.15, 0.2) is 5.82 Å². The zero-order chi connectivity index (χ0) is 40.5. The summed E-state index contributed by atoms with van der Waals surface area (Å²) in [6.07, 6.45) is 7.25. The molecule has 0 saturated heterocycles. The molecule has 1 fully saturated rings. The molecule has 2 unspecified atom stereocenters. The summed E-state index contributed by atoms with van der Waals surface area (Å²) < 4.78 is 19.4. The predicted octanol–water partition coefficient (Wildman–Crippen LogP) is 5.68. The monoisotopic (exact) mass is 774 g/mol. The van der Waals surface area contributed by atoms with E-state index < -0.39 is 17.4 Å². The van der Waals surface area contributed by atoms with Gasteiger partial charge in [-0.15, -0.1) is 0 Å². The molecule has 0 amide bonds. The second kappa shape index (κ2) is 13.8. The van der Waals surface area contributed by atoms with E-state index in [1.165, 1.54) is 6.33 Å². The molecule has 6 aromatic rings. The summed E-state index contributed by atoms with van der Waals surface area (Å²) in [7, 11) is 0. The van der Waals surface area contributed by atoms with Crippen molar-refractivity contribution in [2.45, 2.75) is 89.6 Å². The van der Waals surface area contributed by atoms with Gasteiger partial charge < -0.3 is 20.9 Å². The lowest BCUT2D eigenvalue weighted by Crippen LogP contribution is -2.32. The summed E-state index contributed by atoms with van der Waals surface area (Å²) in [5, 5.41) is 39.7. The quantitative estimate of drug-likeness (QED) is 0.172. The molecule has 1 aliphatic carbocycles. The van der Waals surface area contributed by atoms with Crippen LogP contribution in [-0.4, -0.2) is 49.1 Å². The van der Waals surface area contributed by atoms with Crippen LogP contribution in [0.4, 0.5) is 0 Å². The topological polar surface area (TPSA) is 215 Å². The Morgan fingerprint density at radius 3 is 1.97 bits per heavy atom. The Morgan fingerprint density at radius 1 is 0.810 bits per heavy atom. The summed E-state index contributed by atoms with van der Waals surface area (Å²) >= 11 is 0. The summed E-state index contributed by atoms with van der Waals surface area (Å²) in [5.74, 6) is 1.33. The number of allylic oxidation sites excluding steroid dienone is 2. The molecule has 4 N–H and O–H groups in total. The first-order valence-corrected chi connectivity index (χ1v) is 19.4. The molecule has 1 saturated carbocycles. The number of benzene rings is 2. The highest BCUT2D eigenvalue weighted by Gasteiger charge is 2.44. The molecule has 58 heavy (non-hydrogen) atoms. The summed E-state index contributed by atoms with van der Waals surface area (Å²) in [6.45, 7) is 10.9. The number of hydrogen-bond donors (Lipinski definition) is 2. The molecular formula is C42H42N14O2. The average molecular weight is 775 g/mol. The summed E-state index contributed by atoms with van der Waals surface area (Å²) in [4.78, 5) is 8.76. The maximum Gasteiger partial charge on any atom is 0.224 e. The molecule has 16 heteroatoms. The molecule has 2 aromatic carbocycles. The highest BCUT2D eigenvalue weighted by Crippen LogP contribution is 2.52. The molecular weight excluding hydrogens is 733 g/mol. The van der Waals surface area contributed by atoms with E-state index in [-0.39, 0.29) is 23.6 Å². The van der Waals surface area contributed by atoms with Crippen LogP contribution in [0.2, 0.25) is 0 Å². The van der Waals surface area contributed by atoms with E-state index in [2.05, 4.69) is 49.9 Å². The first kappa shape index (κ1) is 36.4. The van der Waals surface area contributed by atoms with Gasteiger partial charge in [-0.2, -0.15) is 30.9 Å². The van der Waals surface area contributed by atoms with E-state index in [1.807, 2.05) is 60.1 Å². The van der Waals surface area contributed by atoms with Gasteiger partial charge in [0.25, 0.3) is 0 Å². The summed E-state index contributed by atoms with van der Waals surface area (Å²) in [5.41, 5.74) is 19.8. The summed E-state index contributed by atoms with van der Waals surface area (Å²) in [6, 6.07) is 20.4. The molecule has 3 aliphatic rings. The Morgan fingerprint density at radius 2 is 1.41 bits per heavy atom. The molecule has 0 bridgehead atoms. The number of nitriles is 2. The van der Waals surface area contributed by atoms with Crippen LogP contribution in [0.25, 0.3) is 11.4 Å². The van der Waals surface area contributed by atoms with Gasteiger partial charge in [0.1, 0.15) is 42.3 Å². The van der Waals surface area contributed by atoms with Crippen LogP contribution in [0.3, 0.4) is 0 Å². The molecule has 16 nitrogen and oxygen atoms in total. The average Bonchev–Trinajstić information content (AvgIpc) is 3.56. The Hall–Kier alpha value is -7.20. The minimum Gasteiger partial charge on any atom is -0.422 e. The zero-order valence-corrected chi connectivity index (χ0v) is 32.8. The number of aryl methyl sites for hydroxylation is 1. The number of aromatic nitrogens is 10. The Labute approximate surface area is 334 Å². The van der Waals surface area contributed by atoms with Crippen molar-refractivity contribution in [3.63, 3.8) is 0 Å². The van der Waals surface area contributed by atoms with Gasteiger partial charge in [-0.05, 0) is 74.9 Å². The highest BCUT2D eigenvalue weighted by molar-refractivity contribution is 5.59. The van der Waals surface area contributed by atoms with Gasteiger partial charge in [-0.3, -0.25) is 0 Å². The molecule has 9 rings (SSSR count). The zero-order valence-electron chi connectivity index (χ0n) is 32.8. The van der Waals surface area contributed by atoms with Crippen molar-refractivity contribution >= 4 is 0 Å². The van der Waals surface area contributed by atoms with E-state index in [0.29, 0.717) is 41.7 Å². The third kappa shape index (κ3) is 5.96. The standard InChI is InChI=1S/C42H42N14O2/c1-6-53-40-34(36(51-53)23(2)3)32(29(18-43)38(45)57-40)24-11-15-28(16-12-24)55-22-48-31(50-55)17-42(4,5)56-41-35(37(52-56)26-7-8-26)33(30(19-44)39(46)58-41)25-9-13-27(14-10-25)54-21-47-20-49-54/h9-16,20-23,26,32-33H,6-8,17,45-46H2,1-5H3. The van der Waals surface area contributed by atoms with Crippen molar-refractivity contribution in [3.05, 3.63) is 130 Å². The Balaban J connectivity index is 1.02. The molecule has 2 aliphatic heterocycles. The van der Waals surface area contributed by atoms with Crippen molar-refractivity contribution in [2.75, 3.05) is 0 Å². The highest BCUT2D eigenvalue weighted by atomic mass is 16.5. The second-order valence-corrected chi connectivity index (χ2v) is 15.8. The van der Waals surface area contributed by atoms with E-state index in [0.717, 1.165) is 57.9 Å². The number of nitrogens with two attached hydrogens (primary N) is 2. The molecule has 2 atom stereocenters. The fourth-order valence-electron chi connectivity index (χ4n) is 8.11. The van der Waals surface area contributed by atoms with Gasteiger partial charge in [0.2, 0.25) is 23.5 Å². The van der Waals surface area contributed by atoms with Crippen LogP contribution < -0.4 is 20.9 Å². The lowest BCUT2D eigenvalue weighted by Gasteiger charge is -2.29. The van der Waals surface area contributed by atoms with Crippen molar-refractivity contribution in [3.8, 4) is 35.3 Å². The molecule has 0 radical (unpaired) electrons. The Bertz CT molecular complexity index is 2690. The first-order chi connectivity index (χ1) is 28.0. The minimum atomic E-state index is -0.656. The van der Waals surface area contributed by atoms with E-state index >= 15 is 0 Å². The molecule has 6 heterocycles. The van der Waals surface area contributed by atoms with Crippen molar-refractivity contribution in [1.82, 2.24) is 49.1 Å². The van der Waals surface area contributed by atoms with Crippen LogP contribution in [0.5, 0.6) is 11.8 Å². The minimum absolute atomic E-state index is 0.0576. The fraction of sp³-hybridized carbons (Fsp3) is 0.333. The van der Waals surface area contributed by atoms with Crippen LogP contribution in [0, 0.1) is 22.7 Å². The van der Waals surface area contributed by atoms with Crippen LogP contribution in [0.1, 0.15) is 111 Å². The SMILES string of the molecule is CCn1nc(C(C)C)c2c1OC(N)=C(C#N)C2c1ccc(-n2cnc(CC(C)(C)n3nc(C4CC4)c4c3OC(N)=C(C#N)C4c3ccc(-n4cncn4)cc3)n2)cc1. The normalized spacial score (nSPS) is 17.7. The first-order valence-electron chi connectivity index (χ1n) is 19.4.